The SMILES string of the molecule is C/C=C\N=C(C)NNC. The fourth-order valence-corrected chi connectivity index (χ4v) is 0.400. The molecule has 0 saturated carbocycles. The van der Waals surface area contributed by atoms with Gasteiger partial charge < -0.3 is 5.43 Å². The van der Waals surface area contributed by atoms with E-state index in [0.717, 1.165) is 5.84 Å². The Morgan fingerprint density at radius 3 is 2.67 bits per heavy atom. The molecule has 0 aliphatic heterocycles. The van der Waals surface area contributed by atoms with Gasteiger partial charge in [-0.2, -0.15) is 0 Å². The van der Waals surface area contributed by atoms with E-state index >= 15 is 0 Å². The van der Waals surface area contributed by atoms with Crippen LogP contribution in [-0.2, 0) is 0 Å². The molecule has 0 saturated heterocycles. The molecule has 0 rings (SSSR count). The van der Waals surface area contributed by atoms with E-state index < -0.39 is 0 Å². The minimum atomic E-state index is 0.857. The zero-order valence-corrected chi connectivity index (χ0v) is 6.10. The molecule has 2 N–H and O–H groups in total. The van der Waals surface area contributed by atoms with Crippen molar-refractivity contribution >= 4 is 5.84 Å². The number of aliphatic imine (C=N–C) groups is 1. The first-order chi connectivity index (χ1) is 4.31. The van der Waals surface area contributed by atoms with E-state index in [9.17, 15) is 0 Å². The number of hydrogen-bond acceptors (Lipinski definition) is 2. The smallest absolute Gasteiger partial charge is 0.112 e. The second-order valence-electron chi connectivity index (χ2n) is 1.57. The molecule has 0 aliphatic rings. The molecule has 0 heterocycles. The molecule has 3 heteroatoms. The quantitative estimate of drug-likeness (QED) is 0.325. The minimum Gasteiger partial charge on any atom is -0.310 e. The fraction of sp³-hybridized carbons (Fsp3) is 0.500. The highest BCUT2D eigenvalue weighted by Crippen LogP contribution is 1.73. The molecule has 0 unspecified atom stereocenters. The zero-order chi connectivity index (χ0) is 7.11. The first kappa shape index (κ1) is 8.17. The van der Waals surface area contributed by atoms with E-state index in [1.54, 1.807) is 13.2 Å². The van der Waals surface area contributed by atoms with Crippen molar-refractivity contribution in [1.82, 2.24) is 10.9 Å². The molecule has 0 radical (unpaired) electrons. The van der Waals surface area contributed by atoms with Crippen LogP contribution >= 0.6 is 0 Å². The lowest BCUT2D eigenvalue weighted by Gasteiger charge is -1.98. The van der Waals surface area contributed by atoms with Crippen molar-refractivity contribution in [3.63, 3.8) is 0 Å². The molecule has 0 atom stereocenters. The molecule has 52 valence electrons. The monoisotopic (exact) mass is 127 g/mol. The lowest BCUT2D eigenvalue weighted by molar-refractivity contribution is 0.765. The van der Waals surface area contributed by atoms with Crippen LogP contribution in [0.4, 0.5) is 0 Å². The van der Waals surface area contributed by atoms with Gasteiger partial charge in [0.25, 0.3) is 0 Å². The number of hydrogen-bond donors (Lipinski definition) is 2. The van der Waals surface area contributed by atoms with Crippen LogP contribution in [0.3, 0.4) is 0 Å². The number of nitrogens with one attached hydrogen (secondary N) is 2. The molecule has 0 bridgehead atoms. The summed E-state index contributed by atoms with van der Waals surface area (Å²) in [4.78, 5) is 3.99. The van der Waals surface area contributed by atoms with E-state index in [1.165, 1.54) is 0 Å². The second kappa shape index (κ2) is 5.31. The molecule has 0 spiro atoms. The molecular weight excluding hydrogens is 114 g/mol. The van der Waals surface area contributed by atoms with E-state index in [0.29, 0.717) is 0 Å². The number of rotatable bonds is 2. The summed E-state index contributed by atoms with van der Waals surface area (Å²) in [5, 5.41) is 0. The van der Waals surface area contributed by atoms with Gasteiger partial charge in [0, 0.05) is 13.2 Å². The minimum absolute atomic E-state index is 0.857. The van der Waals surface area contributed by atoms with Gasteiger partial charge in [0.1, 0.15) is 5.84 Å². The third kappa shape index (κ3) is 5.03. The first-order valence-electron chi connectivity index (χ1n) is 2.89. The van der Waals surface area contributed by atoms with Crippen molar-refractivity contribution in [2.24, 2.45) is 4.99 Å². The Bertz CT molecular complexity index is 115. The van der Waals surface area contributed by atoms with Gasteiger partial charge in [-0.25, -0.2) is 10.4 Å². The van der Waals surface area contributed by atoms with Crippen molar-refractivity contribution < 1.29 is 0 Å². The zero-order valence-electron chi connectivity index (χ0n) is 6.10. The van der Waals surface area contributed by atoms with Gasteiger partial charge in [-0.15, -0.1) is 0 Å². The second-order valence-corrected chi connectivity index (χ2v) is 1.57. The van der Waals surface area contributed by atoms with E-state index in [-0.39, 0.29) is 0 Å². The van der Waals surface area contributed by atoms with Gasteiger partial charge in [0.05, 0.1) is 0 Å². The Labute approximate surface area is 55.8 Å². The molecule has 0 aromatic heterocycles. The summed E-state index contributed by atoms with van der Waals surface area (Å²) in [6, 6.07) is 0. The standard InChI is InChI=1S/C6H13N3/c1-4-5-8-6(2)9-7-3/h4-5,7H,1-3H3,(H,8,9)/b5-4-. The molecule has 9 heavy (non-hydrogen) atoms. The van der Waals surface area contributed by atoms with Crippen LogP contribution in [0.2, 0.25) is 0 Å². The van der Waals surface area contributed by atoms with Crippen molar-refractivity contribution in [3.8, 4) is 0 Å². The van der Waals surface area contributed by atoms with Gasteiger partial charge in [-0.3, -0.25) is 0 Å². The maximum atomic E-state index is 3.99. The van der Waals surface area contributed by atoms with Crippen molar-refractivity contribution in [2.75, 3.05) is 7.05 Å². The summed E-state index contributed by atoms with van der Waals surface area (Å²) in [5.74, 6) is 0.857. The van der Waals surface area contributed by atoms with Gasteiger partial charge in [-0.05, 0) is 13.8 Å². The predicted octanol–water partition coefficient (Wildman–Crippen LogP) is 0.662. The van der Waals surface area contributed by atoms with Crippen LogP contribution < -0.4 is 10.9 Å². The highest BCUT2D eigenvalue weighted by molar-refractivity contribution is 5.79. The average molecular weight is 127 g/mol. The topological polar surface area (TPSA) is 36.4 Å². The predicted molar refractivity (Wildman–Crippen MR) is 40.1 cm³/mol. The largest absolute Gasteiger partial charge is 0.310 e. The van der Waals surface area contributed by atoms with Crippen LogP contribution in [-0.4, -0.2) is 12.9 Å². The van der Waals surface area contributed by atoms with Crippen LogP contribution in [0.5, 0.6) is 0 Å². The molecule has 0 amide bonds. The molecule has 3 nitrogen and oxygen atoms in total. The summed E-state index contributed by atoms with van der Waals surface area (Å²) in [5.41, 5.74) is 5.59. The normalized spacial score (nSPS) is 12.6. The Morgan fingerprint density at radius 2 is 2.22 bits per heavy atom. The van der Waals surface area contributed by atoms with Crippen molar-refractivity contribution in [2.45, 2.75) is 13.8 Å². The van der Waals surface area contributed by atoms with E-state index in [4.69, 9.17) is 0 Å². The first-order valence-corrected chi connectivity index (χ1v) is 2.89. The summed E-state index contributed by atoms with van der Waals surface area (Å²) < 4.78 is 0. The third-order valence-corrected chi connectivity index (χ3v) is 0.723. The van der Waals surface area contributed by atoms with Gasteiger partial charge in [-0.1, -0.05) is 6.08 Å². The van der Waals surface area contributed by atoms with Gasteiger partial charge in [0.15, 0.2) is 0 Å². The third-order valence-electron chi connectivity index (χ3n) is 0.723. The molecular formula is C6H13N3. The van der Waals surface area contributed by atoms with Crippen molar-refractivity contribution in [1.29, 1.82) is 0 Å². The van der Waals surface area contributed by atoms with Crippen molar-refractivity contribution in [3.05, 3.63) is 12.3 Å². The molecule has 0 aliphatic carbocycles. The lowest BCUT2D eigenvalue weighted by atomic mass is 10.6. The lowest BCUT2D eigenvalue weighted by Crippen LogP contribution is -2.31. The van der Waals surface area contributed by atoms with Crippen LogP contribution in [0.25, 0.3) is 0 Å². The van der Waals surface area contributed by atoms with Gasteiger partial charge in [0.2, 0.25) is 0 Å². The summed E-state index contributed by atoms with van der Waals surface area (Å²) in [6.45, 7) is 3.81. The maximum absolute atomic E-state index is 3.99. The number of allylic oxidation sites excluding steroid dienone is 1. The Balaban J connectivity index is 3.55. The fourth-order valence-electron chi connectivity index (χ4n) is 0.400. The summed E-state index contributed by atoms with van der Waals surface area (Å²) in [7, 11) is 1.80. The number of amidine groups is 1. The highest BCUT2D eigenvalue weighted by Gasteiger charge is 1.78. The van der Waals surface area contributed by atoms with Crippen LogP contribution in [0.1, 0.15) is 13.8 Å². The van der Waals surface area contributed by atoms with Crippen LogP contribution in [0.15, 0.2) is 17.3 Å². The Morgan fingerprint density at radius 1 is 1.56 bits per heavy atom. The number of hydrazine groups is 1. The average Bonchev–Trinajstić information content (AvgIpc) is 1.85. The maximum Gasteiger partial charge on any atom is 0.112 e. The van der Waals surface area contributed by atoms with E-state index in [2.05, 4.69) is 15.8 Å². The van der Waals surface area contributed by atoms with Gasteiger partial charge >= 0.3 is 0 Å². The molecule has 0 aromatic rings. The summed E-state index contributed by atoms with van der Waals surface area (Å²) in [6.07, 6.45) is 3.61. The highest BCUT2D eigenvalue weighted by atomic mass is 15.4. The molecule has 0 fully saturated rings. The molecule has 0 aromatic carbocycles. The Hall–Kier alpha value is -0.830. The summed E-state index contributed by atoms with van der Waals surface area (Å²) >= 11 is 0. The van der Waals surface area contributed by atoms with Crippen LogP contribution in [0, 0.1) is 0 Å². The van der Waals surface area contributed by atoms with E-state index in [1.807, 2.05) is 19.9 Å². The number of nitrogens with zero attached hydrogens (tertiary/aromatic N) is 1. The Kier molecular flexibility index (Phi) is 4.82.